The van der Waals surface area contributed by atoms with Crippen molar-refractivity contribution in [2.45, 2.75) is 42.0 Å². The lowest BCUT2D eigenvalue weighted by Gasteiger charge is -2.18. The Kier molecular flexibility index (Phi) is 9.12. The van der Waals surface area contributed by atoms with Crippen molar-refractivity contribution >= 4 is 87.3 Å². The Hall–Kier alpha value is -0.670. The standard InChI is InChI=1S/C14H12Cl3N3S.C7H6Cl2N2S/c15-9-4-3-8(10(16)6-9)7-18-13-12-11(2-1-5-21-12)19-14(17)20-13;8-6-5-4(2-1-3-12-5)10-7(9)11-6/h3-4,6H,1-2,5,7H2,(H,18,19,20);1-3H2. The third kappa shape index (κ3) is 6.72. The van der Waals surface area contributed by atoms with Crippen LogP contribution in [0, 0.1) is 0 Å². The Balaban J connectivity index is 0.000000183. The molecule has 33 heavy (non-hydrogen) atoms. The Labute approximate surface area is 225 Å². The molecular formula is C21H18Cl5N5S2. The number of aromatic nitrogens is 4. The zero-order valence-electron chi connectivity index (χ0n) is 17.2. The smallest absolute Gasteiger partial charge is 0.224 e. The normalized spacial score (nSPS) is 14.6. The first-order valence-corrected chi connectivity index (χ1v) is 14.0. The van der Waals surface area contributed by atoms with Gasteiger partial charge in [-0.25, -0.2) is 15.0 Å². The molecule has 0 fully saturated rings. The van der Waals surface area contributed by atoms with Gasteiger partial charge in [-0.3, -0.25) is 0 Å². The van der Waals surface area contributed by atoms with Crippen LogP contribution in [0.2, 0.25) is 25.8 Å². The minimum atomic E-state index is 0.251. The number of nitrogens with one attached hydrogen (secondary N) is 1. The second-order valence-corrected chi connectivity index (χ2v) is 11.3. The number of thioether (sulfide) groups is 2. The van der Waals surface area contributed by atoms with Gasteiger partial charge in [-0.15, -0.1) is 23.5 Å². The summed E-state index contributed by atoms with van der Waals surface area (Å²) in [6, 6.07) is 5.46. The summed E-state index contributed by atoms with van der Waals surface area (Å²) >= 11 is 33.1. The van der Waals surface area contributed by atoms with Crippen LogP contribution in [0.25, 0.3) is 0 Å². The molecule has 2 aliphatic heterocycles. The van der Waals surface area contributed by atoms with Crippen LogP contribution >= 0.6 is 81.5 Å². The van der Waals surface area contributed by atoms with E-state index in [1.165, 1.54) is 0 Å². The number of anilines is 1. The molecule has 12 heteroatoms. The fourth-order valence-electron chi connectivity index (χ4n) is 3.33. The van der Waals surface area contributed by atoms with Gasteiger partial charge in [0.25, 0.3) is 0 Å². The third-order valence-corrected chi connectivity index (χ3v) is 8.58. The lowest BCUT2D eigenvalue weighted by Crippen LogP contribution is -2.10. The van der Waals surface area contributed by atoms with Gasteiger partial charge < -0.3 is 5.32 Å². The van der Waals surface area contributed by atoms with E-state index < -0.39 is 0 Å². The molecule has 0 spiro atoms. The maximum atomic E-state index is 6.18. The highest BCUT2D eigenvalue weighted by atomic mass is 35.5. The van der Waals surface area contributed by atoms with Gasteiger partial charge in [0.1, 0.15) is 11.0 Å². The molecule has 0 amide bonds. The number of halogens is 5. The highest BCUT2D eigenvalue weighted by Crippen LogP contribution is 2.36. The van der Waals surface area contributed by atoms with Gasteiger partial charge in [-0.1, -0.05) is 40.9 Å². The molecule has 5 rings (SSSR count). The number of rotatable bonds is 3. The van der Waals surface area contributed by atoms with Crippen LogP contribution in [-0.2, 0) is 19.4 Å². The molecule has 0 saturated carbocycles. The highest BCUT2D eigenvalue weighted by Gasteiger charge is 2.18. The van der Waals surface area contributed by atoms with Gasteiger partial charge >= 0.3 is 0 Å². The monoisotopic (exact) mass is 579 g/mol. The molecule has 0 bridgehead atoms. The first-order valence-electron chi connectivity index (χ1n) is 10.1. The van der Waals surface area contributed by atoms with E-state index in [4.69, 9.17) is 58.0 Å². The quantitative estimate of drug-likeness (QED) is 0.249. The first kappa shape index (κ1) is 25.4. The molecule has 2 aromatic heterocycles. The van der Waals surface area contributed by atoms with E-state index in [2.05, 4.69) is 25.3 Å². The molecule has 5 nitrogen and oxygen atoms in total. The van der Waals surface area contributed by atoms with Crippen LogP contribution in [0.5, 0.6) is 0 Å². The Morgan fingerprint density at radius 3 is 2.12 bits per heavy atom. The van der Waals surface area contributed by atoms with E-state index in [1.54, 1.807) is 29.6 Å². The Bertz CT molecular complexity index is 1160. The maximum Gasteiger partial charge on any atom is 0.224 e. The Morgan fingerprint density at radius 1 is 0.788 bits per heavy atom. The second-order valence-electron chi connectivity index (χ2n) is 7.17. The van der Waals surface area contributed by atoms with Crippen molar-refractivity contribution < 1.29 is 0 Å². The molecule has 3 aromatic rings. The lowest BCUT2D eigenvalue weighted by atomic mass is 10.2. The number of nitrogens with zero attached hydrogens (tertiary/aromatic N) is 4. The van der Waals surface area contributed by atoms with Crippen molar-refractivity contribution in [1.29, 1.82) is 0 Å². The summed E-state index contributed by atoms with van der Waals surface area (Å²) in [4.78, 5) is 18.7. The van der Waals surface area contributed by atoms with E-state index in [-0.39, 0.29) is 10.6 Å². The summed E-state index contributed by atoms with van der Waals surface area (Å²) in [6.45, 7) is 0.566. The predicted molar refractivity (Wildman–Crippen MR) is 141 cm³/mol. The topological polar surface area (TPSA) is 63.6 Å². The molecule has 4 heterocycles. The average Bonchev–Trinajstić information content (AvgIpc) is 2.78. The molecule has 2 aliphatic rings. The van der Waals surface area contributed by atoms with Crippen LogP contribution in [0.15, 0.2) is 28.0 Å². The van der Waals surface area contributed by atoms with Crippen molar-refractivity contribution in [1.82, 2.24) is 19.9 Å². The van der Waals surface area contributed by atoms with Crippen LogP contribution in [0.3, 0.4) is 0 Å². The second kappa shape index (κ2) is 11.8. The van der Waals surface area contributed by atoms with Crippen molar-refractivity contribution in [2.24, 2.45) is 0 Å². The largest absolute Gasteiger partial charge is 0.365 e. The summed E-state index contributed by atoms with van der Waals surface area (Å²) in [5.41, 5.74) is 2.98. The van der Waals surface area contributed by atoms with E-state index in [1.807, 2.05) is 12.1 Å². The van der Waals surface area contributed by atoms with E-state index in [0.29, 0.717) is 21.7 Å². The molecule has 174 valence electrons. The van der Waals surface area contributed by atoms with Crippen molar-refractivity contribution in [3.63, 3.8) is 0 Å². The zero-order chi connectivity index (χ0) is 23.4. The van der Waals surface area contributed by atoms with Crippen LogP contribution in [0.1, 0.15) is 29.8 Å². The van der Waals surface area contributed by atoms with Crippen molar-refractivity contribution in [3.05, 3.63) is 60.9 Å². The minimum absolute atomic E-state index is 0.251. The van der Waals surface area contributed by atoms with Crippen LogP contribution in [-0.4, -0.2) is 31.4 Å². The zero-order valence-corrected chi connectivity index (χ0v) is 22.6. The van der Waals surface area contributed by atoms with E-state index in [0.717, 1.165) is 69.7 Å². The molecule has 0 radical (unpaired) electrons. The highest BCUT2D eigenvalue weighted by molar-refractivity contribution is 7.99. The van der Waals surface area contributed by atoms with E-state index in [9.17, 15) is 0 Å². The Morgan fingerprint density at radius 2 is 1.42 bits per heavy atom. The summed E-state index contributed by atoms with van der Waals surface area (Å²) in [5, 5.41) is 5.59. The summed E-state index contributed by atoms with van der Waals surface area (Å²) in [5.74, 6) is 2.95. The molecule has 0 saturated heterocycles. The van der Waals surface area contributed by atoms with Gasteiger partial charge in [0.05, 0.1) is 21.2 Å². The summed E-state index contributed by atoms with van der Waals surface area (Å²) < 4.78 is 0. The van der Waals surface area contributed by atoms with Gasteiger partial charge in [-0.05, 0) is 78.1 Å². The third-order valence-electron chi connectivity index (χ3n) is 4.85. The van der Waals surface area contributed by atoms with Crippen LogP contribution in [0.4, 0.5) is 5.82 Å². The SMILES string of the molecule is Clc1ccc(CNc2nc(Cl)nc3c2SCCC3)c(Cl)c1.Clc1nc(Cl)c2c(n1)CCCS2. The molecule has 0 unspecified atom stereocenters. The van der Waals surface area contributed by atoms with Gasteiger partial charge in [0, 0.05) is 16.6 Å². The number of hydrogen-bond donors (Lipinski definition) is 1. The fraction of sp³-hybridized carbons (Fsp3) is 0.333. The molecule has 1 aromatic carbocycles. The first-order chi connectivity index (χ1) is 15.9. The van der Waals surface area contributed by atoms with Crippen molar-refractivity contribution in [2.75, 3.05) is 16.8 Å². The van der Waals surface area contributed by atoms with Gasteiger partial charge in [-0.2, -0.15) is 4.98 Å². The number of fused-ring (bicyclic) bond motifs is 2. The van der Waals surface area contributed by atoms with Gasteiger partial charge in [0.15, 0.2) is 0 Å². The van der Waals surface area contributed by atoms with E-state index >= 15 is 0 Å². The molecular weight excluding hydrogens is 564 g/mol. The van der Waals surface area contributed by atoms with Crippen molar-refractivity contribution in [3.8, 4) is 0 Å². The summed E-state index contributed by atoms with van der Waals surface area (Å²) in [7, 11) is 0. The number of aryl methyl sites for hydroxylation is 2. The van der Waals surface area contributed by atoms with Gasteiger partial charge in [0.2, 0.25) is 10.6 Å². The molecule has 0 atom stereocenters. The predicted octanol–water partition coefficient (Wildman–Crippen LogP) is 7.91. The average molecular weight is 582 g/mol. The lowest BCUT2D eigenvalue weighted by molar-refractivity contribution is 0.827. The molecule has 1 N–H and O–H groups in total. The summed E-state index contributed by atoms with van der Waals surface area (Å²) in [6.07, 6.45) is 4.17. The van der Waals surface area contributed by atoms with Crippen LogP contribution < -0.4 is 5.32 Å². The minimum Gasteiger partial charge on any atom is -0.365 e. The molecule has 0 aliphatic carbocycles. The maximum absolute atomic E-state index is 6.18. The number of benzene rings is 1. The fourth-order valence-corrected chi connectivity index (χ4v) is 6.61. The number of hydrogen-bond acceptors (Lipinski definition) is 7.